The molecule has 0 bridgehead atoms. The SMILES string of the molecule is CC(=O)c1ccc(OCC(F)(F)c2ccccc2)cc1. The van der Waals surface area contributed by atoms with E-state index in [1.165, 1.54) is 31.2 Å². The lowest BCUT2D eigenvalue weighted by atomic mass is 10.1. The average Bonchev–Trinajstić information content (AvgIpc) is 2.46. The van der Waals surface area contributed by atoms with Crippen LogP contribution in [0.4, 0.5) is 8.78 Å². The Labute approximate surface area is 116 Å². The van der Waals surface area contributed by atoms with Gasteiger partial charge in [0.2, 0.25) is 0 Å². The van der Waals surface area contributed by atoms with Gasteiger partial charge in [-0.2, -0.15) is 8.78 Å². The summed E-state index contributed by atoms with van der Waals surface area (Å²) >= 11 is 0. The molecule has 2 rings (SSSR count). The van der Waals surface area contributed by atoms with Gasteiger partial charge in [0.05, 0.1) is 0 Å². The second-order valence-corrected chi connectivity index (χ2v) is 4.44. The lowest BCUT2D eigenvalue weighted by Gasteiger charge is -2.17. The summed E-state index contributed by atoms with van der Waals surface area (Å²) in [4.78, 5) is 11.1. The van der Waals surface area contributed by atoms with Crippen molar-refractivity contribution in [1.29, 1.82) is 0 Å². The van der Waals surface area contributed by atoms with Gasteiger partial charge >= 0.3 is 5.92 Å². The lowest BCUT2D eigenvalue weighted by Crippen LogP contribution is -2.23. The third-order valence-electron chi connectivity index (χ3n) is 2.88. The number of halogens is 2. The van der Waals surface area contributed by atoms with Crippen LogP contribution in [0.25, 0.3) is 0 Å². The molecule has 104 valence electrons. The topological polar surface area (TPSA) is 26.3 Å². The number of hydrogen-bond donors (Lipinski definition) is 0. The van der Waals surface area contributed by atoms with Gasteiger partial charge in [-0.15, -0.1) is 0 Å². The van der Waals surface area contributed by atoms with Gasteiger partial charge in [-0.1, -0.05) is 30.3 Å². The molecular weight excluding hydrogens is 262 g/mol. The standard InChI is InChI=1S/C16H14F2O2/c1-12(19)13-7-9-15(10-8-13)20-11-16(17,18)14-5-3-2-4-6-14/h2-10H,11H2,1H3. The van der Waals surface area contributed by atoms with Crippen molar-refractivity contribution in [3.8, 4) is 5.75 Å². The molecule has 0 aliphatic heterocycles. The fourth-order valence-corrected chi connectivity index (χ4v) is 1.73. The molecule has 20 heavy (non-hydrogen) atoms. The quantitative estimate of drug-likeness (QED) is 0.770. The Balaban J connectivity index is 2.03. The van der Waals surface area contributed by atoms with E-state index >= 15 is 0 Å². The molecule has 0 aliphatic carbocycles. The Kier molecular flexibility index (Phi) is 4.13. The van der Waals surface area contributed by atoms with Crippen LogP contribution in [0.15, 0.2) is 54.6 Å². The van der Waals surface area contributed by atoms with Crippen LogP contribution in [0.3, 0.4) is 0 Å². The summed E-state index contributed by atoms with van der Waals surface area (Å²) in [6, 6.07) is 13.7. The van der Waals surface area contributed by atoms with Gasteiger partial charge in [0.1, 0.15) is 5.75 Å². The van der Waals surface area contributed by atoms with Crippen LogP contribution < -0.4 is 4.74 Å². The summed E-state index contributed by atoms with van der Waals surface area (Å²) in [6.07, 6.45) is 0. The molecule has 0 aliphatic rings. The molecule has 0 unspecified atom stereocenters. The number of hydrogen-bond acceptors (Lipinski definition) is 2. The van der Waals surface area contributed by atoms with Gasteiger partial charge < -0.3 is 4.74 Å². The highest BCUT2D eigenvalue weighted by Gasteiger charge is 2.32. The van der Waals surface area contributed by atoms with Crippen molar-refractivity contribution in [2.75, 3.05) is 6.61 Å². The normalized spacial score (nSPS) is 11.2. The van der Waals surface area contributed by atoms with E-state index in [2.05, 4.69) is 0 Å². The second-order valence-electron chi connectivity index (χ2n) is 4.44. The molecule has 2 aromatic rings. The maximum Gasteiger partial charge on any atom is 0.306 e. The Morgan fingerprint density at radius 2 is 1.65 bits per heavy atom. The van der Waals surface area contributed by atoms with Crippen LogP contribution in [0.2, 0.25) is 0 Å². The number of Topliss-reactive ketones (excluding diaryl/α,β-unsaturated/α-hetero) is 1. The highest BCUT2D eigenvalue weighted by molar-refractivity contribution is 5.94. The molecule has 0 saturated heterocycles. The Morgan fingerprint density at radius 3 is 2.20 bits per heavy atom. The summed E-state index contributed by atoms with van der Waals surface area (Å²) < 4.78 is 32.8. The monoisotopic (exact) mass is 276 g/mol. The van der Waals surface area contributed by atoms with E-state index in [0.717, 1.165) is 0 Å². The summed E-state index contributed by atoms with van der Waals surface area (Å²) in [5.74, 6) is -2.82. The van der Waals surface area contributed by atoms with Crippen LogP contribution in [0, 0.1) is 0 Å². The molecule has 0 N–H and O–H groups in total. The molecule has 0 heterocycles. The highest BCUT2D eigenvalue weighted by atomic mass is 19.3. The summed E-state index contributed by atoms with van der Waals surface area (Å²) in [7, 11) is 0. The van der Waals surface area contributed by atoms with E-state index in [4.69, 9.17) is 4.74 Å². The Bertz CT molecular complexity index is 577. The van der Waals surface area contributed by atoms with E-state index < -0.39 is 12.5 Å². The summed E-state index contributed by atoms with van der Waals surface area (Å²) in [5, 5.41) is 0. The molecule has 0 atom stereocenters. The molecule has 2 nitrogen and oxygen atoms in total. The minimum atomic E-state index is -3.06. The maximum atomic E-state index is 13.9. The largest absolute Gasteiger partial charge is 0.487 e. The van der Waals surface area contributed by atoms with Crippen molar-refractivity contribution in [2.24, 2.45) is 0 Å². The van der Waals surface area contributed by atoms with Crippen molar-refractivity contribution < 1.29 is 18.3 Å². The summed E-state index contributed by atoms with van der Waals surface area (Å²) in [6.45, 7) is 0.704. The second kappa shape index (κ2) is 5.82. The first kappa shape index (κ1) is 14.2. The number of ketones is 1. The van der Waals surface area contributed by atoms with Crippen LogP contribution in [-0.4, -0.2) is 12.4 Å². The van der Waals surface area contributed by atoms with E-state index in [1.54, 1.807) is 30.3 Å². The van der Waals surface area contributed by atoms with Gasteiger partial charge in [0.15, 0.2) is 12.4 Å². The number of rotatable bonds is 5. The molecule has 0 saturated carbocycles. The fourth-order valence-electron chi connectivity index (χ4n) is 1.73. The molecule has 0 amide bonds. The van der Waals surface area contributed by atoms with Crippen LogP contribution >= 0.6 is 0 Å². The zero-order chi connectivity index (χ0) is 14.6. The first-order valence-electron chi connectivity index (χ1n) is 6.16. The number of carbonyl (C=O) groups is 1. The molecule has 4 heteroatoms. The lowest BCUT2D eigenvalue weighted by molar-refractivity contribution is -0.0467. The van der Waals surface area contributed by atoms with Crippen LogP contribution in [0.5, 0.6) is 5.75 Å². The van der Waals surface area contributed by atoms with Crippen molar-refractivity contribution in [2.45, 2.75) is 12.8 Å². The zero-order valence-corrected chi connectivity index (χ0v) is 11.0. The minimum absolute atomic E-state index is 0.0776. The fraction of sp³-hybridized carbons (Fsp3) is 0.188. The van der Waals surface area contributed by atoms with Crippen molar-refractivity contribution in [3.63, 3.8) is 0 Å². The number of benzene rings is 2. The highest BCUT2D eigenvalue weighted by Crippen LogP contribution is 2.28. The summed E-state index contributed by atoms with van der Waals surface area (Å²) in [5.41, 5.74) is 0.438. The number of carbonyl (C=O) groups excluding carboxylic acids is 1. The van der Waals surface area contributed by atoms with Crippen LogP contribution in [0.1, 0.15) is 22.8 Å². The third-order valence-corrected chi connectivity index (χ3v) is 2.88. The predicted octanol–water partition coefficient (Wildman–Crippen LogP) is 4.06. The Morgan fingerprint density at radius 1 is 1.05 bits per heavy atom. The first-order valence-corrected chi connectivity index (χ1v) is 6.16. The zero-order valence-electron chi connectivity index (χ0n) is 11.0. The van der Waals surface area contributed by atoms with Gasteiger partial charge in [0.25, 0.3) is 0 Å². The van der Waals surface area contributed by atoms with Gasteiger partial charge in [0, 0.05) is 11.1 Å². The van der Waals surface area contributed by atoms with E-state index in [9.17, 15) is 13.6 Å². The van der Waals surface area contributed by atoms with Gasteiger partial charge in [-0.3, -0.25) is 4.79 Å². The average molecular weight is 276 g/mol. The van der Waals surface area contributed by atoms with E-state index in [0.29, 0.717) is 11.3 Å². The molecule has 0 radical (unpaired) electrons. The predicted molar refractivity (Wildman–Crippen MR) is 72.3 cm³/mol. The van der Waals surface area contributed by atoms with Crippen molar-refractivity contribution in [3.05, 3.63) is 65.7 Å². The number of ether oxygens (including phenoxy) is 1. The van der Waals surface area contributed by atoms with Crippen molar-refractivity contribution >= 4 is 5.78 Å². The molecule has 0 fully saturated rings. The molecular formula is C16H14F2O2. The van der Waals surface area contributed by atoms with Crippen molar-refractivity contribution in [1.82, 2.24) is 0 Å². The van der Waals surface area contributed by atoms with Gasteiger partial charge in [-0.25, -0.2) is 0 Å². The third kappa shape index (κ3) is 3.41. The smallest absolute Gasteiger partial charge is 0.306 e. The number of alkyl halides is 2. The van der Waals surface area contributed by atoms with E-state index in [1.807, 2.05) is 0 Å². The first-order chi connectivity index (χ1) is 9.49. The van der Waals surface area contributed by atoms with E-state index in [-0.39, 0.29) is 11.3 Å². The van der Waals surface area contributed by atoms with Gasteiger partial charge in [-0.05, 0) is 31.2 Å². The molecule has 0 aromatic heterocycles. The maximum absolute atomic E-state index is 13.9. The van der Waals surface area contributed by atoms with Crippen LogP contribution in [-0.2, 0) is 5.92 Å². The Hall–Kier alpha value is -2.23. The molecule has 2 aromatic carbocycles. The molecule has 0 spiro atoms. The minimum Gasteiger partial charge on any atom is -0.487 e.